The van der Waals surface area contributed by atoms with E-state index in [0.717, 1.165) is 2.88 Å². The van der Waals surface area contributed by atoms with Crippen molar-refractivity contribution in [1.82, 2.24) is 0 Å². The molecule has 48 valence electrons. The summed E-state index contributed by atoms with van der Waals surface area (Å²) in [4.78, 5) is 11.0. The maximum atomic E-state index is 10.4. The molecule has 0 amide bonds. The zero-order valence-electron chi connectivity index (χ0n) is 4.23. The van der Waals surface area contributed by atoms with Crippen molar-refractivity contribution in [1.29, 1.82) is 0 Å². The first-order chi connectivity index (χ1) is 4.20. The summed E-state index contributed by atoms with van der Waals surface area (Å²) in [6.45, 7) is 0. The molecular formula is C5H2ClIOS. The lowest BCUT2D eigenvalue weighted by atomic mass is 10.5. The Hall–Kier alpha value is 0.390. The lowest BCUT2D eigenvalue weighted by molar-refractivity contribution is 0.108. The standard InChI is InChI=1S/C5H2ClIOS/c6-5(8)3-1-2-4(7)9-3/h1-2H. The molecule has 1 rings (SSSR count). The highest BCUT2D eigenvalue weighted by molar-refractivity contribution is 14.1. The van der Waals surface area contributed by atoms with Crippen LogP contribution >= 0.6 is 45.5 Å². The van der Waals surface area contributed by atoms with Crippen molar-refractivity contribution in [3.63, 3.8) is 0 Å². The van der Waals surface area contributed by atoms with Gasteiger partial charge in [0, 0.05) is 0 Å². The van der Waals surface area contributed by atoms with Gasteiger partial charge in [0.15, 0.2) is 0 Å². The molecule has 1 nitrogen and oxygen atoms in total. The minimum absolute atomic E-state index is 0.372. The Balaban J connectivity index is 2.98. The summed E-state index contributed by atoms with van der Waals surface area (Å²) in [6, 6.07) is 3.59. The number of carbonyl (C=O) groups is 1. The number of carbonyl (C=O) groups excluding carboxylic acids is 1. The first-order valence-corrected chi connectivity index (χ1v) is 4.42. The largest absolute Gasteiger partial charge is 0.275 e. The van der Waals surface area contributed by atoms with Gasteiger partial charge in [-0.2, -0.15) is 0 Å². The van der Waals surface area contributed by atoms with Gasteiger partial charge >= 0.3 is 0 Å². The molecule has 0 saturated heterocycles. The van der Waals surface area contributed by atoms with Gasteiger partial charge in [0.2, 0.25) is 0 Å². The zero-order valence-corrected chi connectivity index (χ0v) is 7.96. The summed E-state index contributed by atoms with van der Waals surface area (Å²) in [5, 5.41) is -0.372. The third-order valence-corrected chi connectivity index (χ3v) is 2.98. The second-order valence-electron chi connectivity index (χ2n) is 1.38. The summed E-state index contributed by atoms with van der Waals surface area (Å²) < 4.78 is 1.08. The van der Waals surface area contributed by atoms with Gasteiger partial charge < -0.3 is 0 Å². The molecule has 0 aliphatic heterocycles. The van der Waals surface area contributed by atoms with Gasteiger partial charge in [-0.15, -0.1) is 11.3 Å². The van der Waals surface area contributed by atoms with E-state index >= 15 is 0 Å². The van der Waals surface area contributed by atoms with Crippen LogP contribution in [0.1, 0.15) is 9.67 Å². The number of hydrogen-bond acceptors (Lipinski definition) is 2. The first-order valence-electron chi connectivity index (χ1n) is 2.15. The number of rotatable bonds is 1. The van der Waals surface area contributed by atoms with Gasteiger partial charge in [0.05, 0.1) is 7.76 Å². The van der Waals surface area contributed by atoms with Crippen molar-refractivity contribution in [3.05, 3.63) is 19.9 Å². The second-order valence-corrected chi connectivity index (χ2v) is 4.70. The molecule has 1 heterocycles. The second kappa shape index (κ2) is 2.98. The van der Waals surface area contributed by atoms with Gasteiger partial charge in [0.25, 0.3) is 5.24 Å². The lowest BCUT2D eigenvalue weighted by Gasteiger charge is -1.77. The molecule has 1 aromatic rings. The normalized spacial score (nSPS) is 9.56. The molecule has 0 aliphatic rings. The third-order valence-electron chi connectivity index (χ3n) is 0.767. The van der Waals surface area contributed by atoms with Gasteiger partial charge in [-0.3, -0.25) is 4.79 Å². The van der Waals surface area contributed by atoms with Crippen molar-refractivity contribution in [2.75, 3.05) is 0 Å². The molecule has 0 aliphatic carbocycles. The van der Waals surface area contributed by atoms with E-state index in [1.165, 1.54) is 11.3 Å². The summed E-state index contributed by atoms with van der Waals surface area (Å²) in [6.07, 6.45) is 0. The Morgan fingerprint density at radius 3 is 2.56 bits per heavy atom. The molecule has 0 spiro atoms. The van der Waals surface area contributed by atoms with Crippen molar-refractivity contribution in [3.8, 4) is 0 Å². The van der Waals surface area contributed by atoms with Crippen molar-refractivity contribution in [2.45, 2.75) is 0 Å². The smallest absolute Gasteiger partial charge is 0.262 e. The van der Waals surface area contributed by atoms with Crippen molar-refractivity contribution < 1.29 is 4.79 Å². The molecule has 0 radical (unpaired) electrons. The highest BCUT2D eigenvalue weighted by atomic mass is 127. The van der Waals surface area contributed by atoms with Crippen LogP contribution < -0.4 is 0 Å². The Morgan fingerprint density at radius 1 is 1.67 bits per heavy atom. The molecule has 0 atom stereocenters. The van der Waals surface area contributed by atoms with Crippen LogP contribution in [0.4, 0.5) is 0 Å². The van der Waals surface area contributed by atoms with Gasteiger partial charge in [-0.05, 0) is 46.3 Å². The van der Waals surface area contributed by atoms with E-state index in [1.54, 1.807) is 6.07 Å². The average molecular weight is 272 g/mol. The van der Waals surface area contributed by atoms with Crippen LogP contribution in [0.5, 0.6) is 0 Å². The van der Waals surface area contributed by atoms with Gasteiger partial charge in [-0.1, -0.05) is 0 Å². The minimum atomic E-state index is -0.372. The van der Waals surface area contributed by atoms with Crippen LogP contribution in [0.2, 0.25) is 0 Å². The Labute approximate surface area is 75.2 Å². The van der Waals surface area contributed by atoms with Crippen LogP contribution in [-0.4, -0.2) is 5.24 Å². The monoisotopic (exact) mass is 272 g/mol. The quantitative estimate of drug-likeness (QED) is 0.567. The summed E-state index contributed by atoms with van der Waals surface area (Å²) in [5.41, 5.74) is 0. The van der Waals surface area contributed by atoms with Crippen molar-refractivity contribution in [2.24, 2.45) is 0 Å². The predicted octanol–water partition coefficient (Wildman–Crippen LogP) is 2.73. The number of hydrogen-bond donors (Lipinski definition) is 0. The maximum absolute atomic E-state index is 10.4. The molecule has 4 heteroatoms. The van der Waals surface area contributed by atoms with E-state index in [1.807, 2.05) is 6.07 Å². The molecule has 0 saturated carbocycles. The fourth-order valence-electron chi connectivity index (χ4n) is 0.420. The summed E-state index contributed by atoms with van der Waals surface area (Å²) >= 11 is 8.73. The van der Waals surface area contributed by atoms with E-state index in [0.29, 0.717) is 4.88 Å². The Bertz CT molecular complexity index is 233. The van der Waals surface area contributed by atoms with Gasteiger partial charge in [0.1, 0.15) is 0 Å². The van der Waals surface area contributed by atoms with Crippen LogP contribution in [0.15, 0.2) is 12.1 Å². The highest BCUT2D eigenvalue weighted by Gasteiger charge is 2.02. The van der Waals surface area contributed by atoms with Gasteiger partial charge in [-0.25, -0.2) is 0 Å². The molecule has 0 bridgehead atoms. The average Bonchev–Trinajstić information content (AvgIpc) is 2.14. The van der Waals surface area contributed by atoms with E-state index in [9.17, 15) is 4.79 Å². The van der Waals surface area contributed by atoms with Crippen LogP contribution in [0.3, 0.4) is 0 Å². The van der Waals surface area contributed by atoms with E-state index in [4.69, 9.17) is 11.6 Å². The molecule has 0 unspecified atom stereocenters. The van der Waals surface area contributed by atoms with E-state index < -0.39 is 0 Å². The molecular weight excluding hydrogens is 270 g/mol. The lowest BCUT2D eigenvalue weighted by Crippen LogP contribution is -1.78. The molecule has 9 heavy (non-hydrogen) atoms. The third kappa shape index (κ3) is 1.91. The topological polar surface area (TPSA) is 17.1 Å². The fourth-order valence-corrected chi connectivity index (χ4v) is 2.05. The highest BCUT2D eigenvalue weighted by Crippen LogP contribution is 2.19. The molecule has 0 fully saturated rings. The minimum Gasteiger partial charge on any atom is -0.275 e. The summed E-state index contributed by atoms with van der Waals surface area (Å²) in [5.74, 6) is 0. The Morgan fingerprint density at radius 2 is 2.33 bits per heavy atom. The van der Waals surface area contributed by atoms with Crippen LogP contribution in [0, 0.1) is 2.88 Å². The predicted molar refractivity (Wildman–Crippen MR) is 47.2 cm³/mol. The van der Waals surface area contributed by atoms with Crippen LogP contribution in [0.25, 0.3) is 0 Å². The number of thiophene rings is 1. The van der Waals surface area contributed by atoms with E-state index in [-0.39, 0.29) is 5.24 Å². The first kappa shape index (κ1) is 7.50. The van der Waals surface area contributed by atoms with E-state index in [2.05, 4.69) is 22.6 Å². The Kier molecular flexibility index (Phi) is 2.49. The molecule has 0 aromatic carbocycles. The SMILES string of the molecule is O=C(Cl)c1ccc(I)s1. The zero-order chi connectivity index (χ0) is 6.85. The maximum Gasteiger partial charge on any atom is 0.262 e. The van der Waals surface area contributed by atoms with Crippen LogP contribution in [-0.2, 0) is 0 Å². The molecule has 0 N–H and O–H groups in total. The van der Waals surface area contributed by atoms with Crippen molar-refractivity contribution >= 4 is 50.8 Å². The fraction of sp³-hybridized carbons (Fsp3) is 0. The molecule has 1 aromatic heterocycles. The summed E-state index contributed by atoms with van der Waals surface area (Å²) in [7, 11) is 0. The number of halogens is 2.